The van der Waals surface area contributed by atoms with E-state index >= 15 is 0 Å². The van der Waals surface area contributed by atoms with Crippen LogP contribution in [0, 0.1) is 13.8 Å². The molecule has 0 aliphatic heterocycles. The minimum Gasteiger partial charge on any atom is -0.461 e. The Morgan fingerprint density at radius 2 is 2.08 bits per heavy atom. The van der Waals surface area contributed by atoms with Crippen LogP contribution in [0.15, 0.2) is 18.6 Å². The predicted octanol–water partition coefficient (Wildman–Crippen LogP) is 2.72. The van der Waals surface area contributed by atoms with Gasteiger partial charge in [-0.05, 0) is 32.4 Å². The second-order valence-electron chi connectivity index (χ2n) is 5.34. The third-order valence-electron chi connectivity index (χ3n) is 3.62. The number of esters is 1. The van der Waals surface area contributed by atoms with Crippen molar-refractivity contribution in [3.63, 3.8) is 0 Å². The van der Waals surface area contributed by atoms with E-state index in [2.05, 4.69) is 20.1 Å². The summed E-state index contributed by atoms with van der Waals surface area (Å²) in [5.74, 6) is -0.491. The van der Waals surface area contributed by atoms with Crippen molar-refractivity contribution in [1.29, 1.82) is 0 Å². The van der Waals surface area contributed by atoms with Crippen molar-refractivity contribution in [2.45, 2.75) is 27.3 Å². The highest BCUT2D eigenvalue weighted by Crippen LogP contribution is 2.21. The molecule has 0 fully saturated rings. The number of ether oxygens (including phenoxy) is 1. The summed E-state index contributed by atoms with van der Waals surface area (Å²) in [6, 6.07) is 1.93. The van der Waals surface area contributed by atoms with Gasteiger partial charge in [-0.15, -0.1) is 0 Å². The van der Waals surface area contributed by atoms with Crippen LogP contribution >= 0.6 is 11.6 Å². The predicted molar refractivity (Wildman–Crippen MR) is 89.1 cm³/mol. The molecule has 0 radical (unpaired) electrons. The number of aromatic nitrogens is 5. The van der Waals surface area contributed by atoms with E-state index in [0.29, 0.717) is 17.2 Å². The van der Waals surface area contributed by atoms with Crippen molar-refractivity contribution in [2.24, 2.45) is 0 Å². The summed E-state index contributed by atoms with van der Waals surface area (Å²) in [4.78, 5) is 24.7. The van der Waals surface area contributed by atoms with Crippen molar-refractivity contribution >= 4 is 28.6 Å². The summed E-state index contributed by atoms with van der Waals surface area (Å²) in [5.41, 5.74) is 3.93. The first kappa shape index (κ1) is 16.3. The Bertz CT molecular complexity index is 922. The Kier molecular flexibility index (Phi) is 4.44. The van der Waals surface area contributed by atoms with E-state index in [1.54, 1.807) is 17.8 Å². The molecule has 0 N–H and O–H groups in total. The first-order valence-corrected chi connectivity index (χ1v) is 7.85. The lowest BCUT2D eigenvalue weighted by Crippen LogP contribution is -2.09. The molecule has 3 aromatic heterocycles. The van der Waals surface area contributed by atoms with E-state index in [9.17, 15) is 4.79 Å². The Morgan fingerprint density at radius 3 is 2.83 bits per heavy atom. The lowest BCUT2D eigenvalue weighted by molar-refractivity contribution is 0.0520. The van der Waals surface area contributed by atoms with Crippen LogP contribution in [0.4, 0.5) is 0 Å². The van der Waals surface area contributed by atoms with Crippen LogP contribution in [0.5, 0.6) is 0 Å². The van der Waals surface area contributed by atoms with Crippen LogP contribution in [0.1, 0.15) is 34.2 Å². The Labute approximate surface area is 143 Å². The molecule has 0 atom stereocenters. The number of halogens is 1. The summed E-state index contributed by atoms with van der Waals surface area (Å²) in [6.07, 6.45) is 3.11. The number of carbonyl (C=O) groups is 1. The lowest BCUT2D eigenvalue weighted by atomic mass is 10.2. The van der Waals surface area contributed by atoms with Crippen molar-refractivity contribution in [3.8, 4) is 0 Å². The average Bonchev–Trinajstić information content (AvgIpc) is 2.90. The van der Waals surface area contributed by atoms with Crippen molar-refractivity contribution < 1.29 is 9.53 Å². The fourth-order valence-corrected chi connectivity index (χ4v) is 2.53. The minimum absolute atomic E-state index is 0.199. The molecule has 0 bridgehead atoms. The zero-order valence-electron chi connectivity index (χ0n) is 13.6. The number of fused-ring (bicyclic) bond motifs is 1. The summed E-state index contributed by atoms with van der Waals surface area (Å²) >= 11 is 6.05. The zero-order valence-corrected chi connectivity index (χ0v) is 14.3. The van der Waals surface area contributed by atoms with Gasteiger partial charge in [0.1, 0.15) is 17.0 Å². The number of hydrogen-bond donors (Lipinski definition) is 0. The van der Waals surface area contributed by atoms with Gasteiger partial charge in [0.05, 0.1) is 24.4 Å². The summed E-state index contributed by atoms with van der Waals surface area (Å²) in [6.45, 7) is 6.16. The fourth-order valence-electron chi connectivity index (χ4n) is 2.38. The summed E-state index contributed by atoms with van der Waals surface area (Å²) in [7, 11) is 0. The molecule has 0 spiro atoms. The Hall–Kier alpha value is -2.54. The first-order chi connectivity index (χ1) is 11.5. The van der Waals surface area contributed by atoms with Gasteiger partial charge < -0.3 is 4.74 Å². The van der Waals surface area contributed by atoms with Crippen LogP contribution in [0.25, 0.3) is 11.0 Å². The fraction of sp³-hybridized carbons (Fsp3) is 0.312. The molecule has 0 saturated carbocycles. The van der Waals surface area contributed by atoms with Gasteiger partial charge in [-0.2, -0.15) is 5.10 Å². The highest BCUT2D eigenvalue weighted by Gasteiger charge is 2.20. The Balaban J connectivity index is 2.12. The number of nitrogens with zero attached hydrogens (tertiary/aromatic N) is 5. The average molecular weight is 346 g/mol. The normalized spacial score (nSPS) is 11.0. The number of hydrogen-bond acceptors (Lipinski definition) is 6. The number of carbonyl (C=O) groups excluding carboxylic acids is 1. The molecule has 0 aliphatic carbocycles. The summed E-state index contributed by atoms with van der Waals surface area (Å²) < 4.78 is 6.76. The highest BCUT2D eigenvalue weighted by atomic mass is 35.5. The standard InChI is InChI=1S/C16H16ClN5O2/c1-4-24-16(23)14-13-12(5-9(2)6-18-13)22(21-14)7-11-10(3)15(17)20-8-19-11/h5-6,8H,4,7H2,1-3H3. The number of rotatable bonds is 4. The van der Waals surface area contributed by atoms with Gasteiger partial charge in [0.15, 0.2) is 5.69 Å². The monoisotopic (exact) mass is 345 g/mol. The molecule has 3 heterocycles. The van der Waals surface area contributed by atoms with E-state index in [1.165, 1.54) is 6.33 Å². The van der Waals surface area contributed by atoms with E-state index in [1.807, 2.05) is 19.9 Å². The van der Waals surface area contributed by atoms with Gasteiger partial charge in [0.25, 0.3) is 0 Å². The molecule has 24 heavy (non-hydrogen) atoms. The van der Waals surface area contributed by atoms with Gasteiger partial charge in [0.2, 0.25) is 0 Å². The minimum atomic E-state index is -0.491. The second kappa shape index (κ2) is 6.52. The number of aryl methyl sites for hydroxylation is 1. The maximum absolute atomic E-state index is 12.1. The van der Waals surface area contributed by atoms with Crippen LogP contribution in [0.3, 0.4) is 0 Å². The topological polar surface area (TPSA) is 82.8 Å². The number of pyridine rings is 1. The van der Waals surface area contributed by atoms with Gasteiger partial charge in [0, 0.05) is 11.8 Å². The molecule has 0 aliphatic rings. The maximum atomic E-state index is 12.1. The van der Waals surface area contributed by atoms with Crippen molar-refractivity contribution in [2.75, 3.05) is 6.61 Å². The van der Waals surface area contributed by atoms with Crippen LogP contribution in [0.2, 0.25) is 5.15 Å². The molecular formula is C16H16ClN5O2. The molecule has 7 nitrogen and oxygen atoms in total. The molecule has 3 aromatic rings. The first-order valence-electron chi connectivity index (χ1n) is 7.47. The smallest absolute Gasteiger partial charge is 0.361 e. The van der Waals surface area contributed by atoms with Gasteiger partial charge >= 0.3 is 5.97 Å². The molecular weight excluding hydrogens is 330 g/mol. The second-order valence-corrected chi connectivity index (χ2v) is 5.70. The zero-order chi connectivity index (χ0) is 17.3. The van der Waals surface area contributed by atoms with Crippen LogP contribution < -0.4 is 0 Å². The van der Waals surface area contributed by atoms with Crippen molar-refractivity contribution in [3.05, 3.63) is 46.3 Å². The van der Waals surface area contributed by atoms with E-state index < -0.39 is 5.97 Å². The molecule has 0 saturated heterocycles. The van der Waals surface area contributed by atoms with E-state index in [-0.39, 0.29) is 12.3 Å². The van der Waals surface area contributed by atoms with Crippen LogP contribution in [-0.4, -0.2) is 37.3 Å². The quantitative estimate of drug-likeness (QED) is 0.534. The third-order valence-corrected chi connectivity index (χ3v) is 4.00. The van der Waals surface area contributed by atoms with E-state index in [0.717, 1.165) is 22.3 Å². The van der Waals surface area contributed by atoms with Gasteiger partial charge in [-0.25, -0.2) is 14.8 Å². The molecule has 0 unspecified atom stereocenters. The molecule has 8 heteroatoms. The van der Waals surface area contributed by atoms with Crippen molar-refractivity contribution in [1.82, 2.24) is 24.7 Å². The largest absolute Gasteiger partial charge is 0.461 e. The molecule has 3 rings (SSSR count). The third kappa shape index (κ3) is 2.94. The molecule has 0 aromatic carbocycles. The SMILES string of the molecule is CCOC(=O)c1nn(Cc2ncnc(Cl)c2C)c2cc(C)cnc12. The van der Waals surface area contributed by atoms with Crippen LogP contribution in [-0.2, 0) is 11.3 Å². The Morgan fingerprint density at radius 1 is 1.29 bits per heavy atom. The van der Waals surface area contributed by atoms with E-state index in [4.69, 9.17) is 16.3 Å². The molecule has 0 amide bonds. The van der Waals surface area contributed by atoms with Gasteiger partial charge in [-0.1, -0.05) is 11.6 Å². The van der Waals surface area contributed by atoms with Gasteiger partial charge in [-0.3, -0.25) is 9.67 Å². The highest BCUT2D eigenvalue weighted by molar-refractivity contribution is 6.30. The maximum Gasteiger partial charge on any atom is 0.361 e. The lowest BCUT2D eigenvalue weighted by Gasteiger charge is -2.07. The summed E-state index contributed by atoms with van der Waals surface area (Å²) in [5, 5.41) is 4.79. The molecule has 124 valence electrons.